The van der Waals surface area contributed by atoms with Gasteiger partial charge in [0.15, 0.2) is 5.82 Å². The van der Waals surface area contributed by atoms with Gasteiger partial charge in [-0.2, -0.15) is 0 Å². The van der Waals surface area contributed by atoms with E-state index in [0.29, 0.717) is 13.0 Å². The number of pyridine rings is 1. The average molecular weight is 259 g/mol. The summed E-state index contributed by atoms with van der Waals surface area (Å²) in [7, 11) is 0. The van der Waals surface area contributed by atoms with Crippen LogP contribution in [0, 0.1) is 13.8 Å². The number of hydrogen-bond donors (Lipinski definition) is 1. The van der Waals surface area contributed by atoms with E-state index in [1.165, 1.54) is 0 Å². The van der Waals surface area contributed by atoms with Gasteiger partial charge in [-0.05, 0) is 32.4 Å². The molecule has 0 atom stereocenters. The van der Waals surface area contributed by atoms with E-state index in [1.807, 2.05) is 36.6 Å². The van der Waals surface area contributed by atoms with Gasteiger partial charge in [-0.25, -0.2) is 4.98 Å². The molecule has 2 aromatic heterocycles. The summed E-state index contributed by atoms with van der Waals surface area (Å²) in [4.78, 5) is 19.4. The monoisotopic (exact) mass is 259 g/mol. The molecule has 0 unspecified atom stereocenters. The van der Waals surface area contributed by atoms with E-state index in [2.05, 4.69) is 9.97 Å². The van der Waals surface area contributed by atoms with Crippen LogP contribution in [0.5, 0.6) is 0 Å². The second-order valence-electron chi connectivity index (χ2n) is 4.47. The van der Waals surface area contributed by atoms with Crippen molar-refractivity contribution in [2.45, 2.75) is 33.2 Å². The van der Waals surface area contributed by atoms with E-state index in [-0.39, 0.29) is 6.42 Å². The van der Waals surface area contributed by atoms with Gasteiger partial charge in [0, 0.05) is 24.9 Å². The van der Waals surface area contributed by atoms with Gasteiger partial charge in [0.2, 0.25) is 0 Å². The maximum Gasteiger partial charge on any atom is 0.303 e. The molecule has 5 heteroatoms. The highest BCUT2D eigenvalue weighted by molar-refractivity contribution is 5.66. The van der Waals surface area contributed by atoms with E-state index in [9.17, 15) is 4.79 Å². The predicted molar refractivity (Wildman–Crippen MR) is 71.8 cm³/mol. The van der Waals surface area contributed by atoms with Crippen LogP contribution in [-0.4, -0.2) is 25.6 Å². The molecule has 19 heavy (non-hydrogen) atoms. The molecular weight excluding hydrogens is 242 g/mol. The van der Waals surface area contributed by atoms with Crippen LogP contribution < -0.4 is 0 Å². The molecule has 0 saturated carbocycles. The number of nitrogens with zero attached hydrogens (tertiary/aromatic N) is 3. The molecule has 0 spiro atoms. The number of carboxylic acids is 1. The molecule has 0 aromatic carbocycles. The molecule has 0 amide bonds. The summed E-state index contributed by atoms with van der Waals surface area (Å²) >= 11 is 0. The van der Waals surface area contributed by atoms with Crippen molar-refractivity contribution >= 4 is 5.97 Å². The third-order valence-corrected chi connectivity index (χ3v) is 3.12. The van der Waals surface area contributed by atoms with E-state index in [0.717, 1.165) is 22.9 Å². The molecule has 0 saturated heterocycles. The Hall–Kier alpha value is -2.17. The van der Waals surface area contributed by atoms with Crippen LogP contribution in [0.15, 0.2) is 24.4 Å². The van der Waals surface area contributed by atoms with Gasteiger partial charge in [0.1, 0.15) is 5.69 Å². The lowest BCUT2D eigenvalue weighted by atomic mass is 10.3. The second kappa shape index (κ2) is 5.65. The summed E-state index contributed by atoms with van der Waals surface area (Å²) in [5.74, 6) is 0.0369. The van der Waals surface area contributed by atoms with Crippen molar-refractivity contribution in [3.8, 4) is 11.5 Å². The summed E-state index contributed by atoms with van der Waals surface area (Å²) in [5.41, 5.74) is 2.83. The molecule has 2 rings (SSSR count). The highest BCUT2D eigenvalue weighted by atomic mass is 16.4. The molecule has 0 aliphatic carbocycles. The first kappa shape index (κ1) is 13.3. The maximum absolute atomic E-state index is 10.6. The lowest BCUT2D eigenvalue weighted by Gasteiger charge is -2.08. The Labute approximate surface area is 111 Å². The van der Waals surface area contributed by atoms with E-state index >= 15 is 0 Å². The quantitative estimate of drug-likeness (QED) is 0.895. The van der Waals surface area contributed by atoms with Crippen LogP contribution in [0.4, 0.5) is 0 Å². The molecule has 100 valence electrons. The van der Waals surface area contributed by atoms with Gasteiger partial charge >= 0.3 is 5.97 Å². The van der Waals surface area contributed by atoms with Gasteiger partial charge < -0.3 is 9.67 Å². The zero-order valence-corrected chi connectivity index (χ0v) is 11.1. The lowest BCUT2D eigenvalue weighted by molar-refractivity contribution is -0.137. The number of hydrogen-bond acceptors (Lipinski definition) is 3. The zero-order valence-electron chi connectivity index (χ0n) is 11.1. The summed E-state index contributed by atoms with van der Waals surface area (Å²) in [6.07, 6.45) is 2.49. The van der Waals surface area contributed by atoms with Crippen LogP contribution in [0.3, 0.4) is 0 Å². The Kier molecular flexibility index (Phi) is 3.94. The first-order valence-corrected chi connectivity index (χ1v) is 6.26. The standard InChI is InChI=1S/C14H17N3O2/c1-10-11(2)17(9-5-7-13(18)19)14(16-10)12-6-3-4-8-15-12/h3-4,6,8H,5,7,9H2,1-2H3,(H,18,19). The molecule has 1 N–H and O–H groups in total. The van der Waals surface area contributed by atoms with E-state index in [1.54, 1.807) is 6.20 Å². The third-order valence-electron chi connectivity index (χ3n) is 3.12. The Bertz CT molecular complexity index is 576. The summed E-state index contributed by atoms with van der Waals surface area (Å²) < 4.78 is 2.04. The smallest absolute Gasteiger partial charge is 0.303 e. The molecule has 0 aliphatic rings. The number of aliphatic carboxylic acids is 1. The van der Waals surface area contributed by atoms with Crippen molar-refractivity contribution < 1.29 is 9.90 Å². The van der Waals surface area contributed by atoms with Crippen molar-refractivity contribution in [2.75, 3.05) is 0 Å². The van der Waals surface area contributed by atoms with Crippen LogP contribution in [0.25, 0.3) is 11.5 Å². The Morgan fingerprint density at radius 2 is 2.16 bits per heavy atom. The number of carboxylic acid groups (broad SMARTS) is 1. The van der Waals surface area contributed by atoms with E-state index in [4.69, 9.17) is 5.11 Å². The average Bonchev–Trinajstić information content (AvgIpc) is 2.68. The normalized spacial score (nSPS) is 10.6. The van der Waals surface area contributed by atoms with Gasteiger partial charge in [-0.1, -0.05) is 6.07 Å². The Balaban J connectivity index is 2.29. The second-order valence-corrected chi connectivity index (χ2v) is 4.47. The minimum Gasteiger partial charge on any atom is -0.481 e. The highest BCUT2D eigenvalue weighted by Crippen LogP contribution is 2.20. The van der Waals surface area contributed by atoms with Crippen molar-refractivity contribution in [1.29, 1.82) is 0 Å². The Morgan fingerprint density at radius 1 is 1.37 bits per heavy atom. The molecule has 0 radical (unpaired) electrons. The highest BCUT2D eigenvalue weighted by Gasteiger charge is 2.13. The first-order chi connectivity index (χ1) is 9.09. The van der Waals surface area contributed by atoms with Crippen LogP contribution >= 0.6 is 0 Å². The first-order valence-electron chi connectivity index (χ1n) is 6.26. The molecule has 0 aliphatic heterocycles. The minimum absolute atomic E-state index is 0.165. The van der Waals surface area contributed by atoms with Gasteiger partial charge in [0.05, 0.1) is 5.69 Å². The third kappa shape index (κ3) is 2.99. The largest absolute Gasteiger partial charge is 0.481 e. The zero-order chi connectivity index (χ0) is 13.8. The van der Waals surface area contributed by atoms with Crippen LogP contribution in [-0.2, 0) is 11.3 Å². The molecule has 0 fully saturated rings. The number of aryl methyl sites for hydroxylation is 1. The number of aromatic nitrogens is 3. The fourth-order valence-electron chi connectivity index (χ4n) is 2.01. The van der Waals surface area contributed by atoms with Gasteiger partial charge in [-0.3, -0.25) is 9.78 Å². The molecule has 5 nitrogen and oxygen atoms in total. The summed E-state index contributed by atoms with van der Waals surface area (Å²) in [6, 6.07) is 5.69. The SMILES string of the molecule is Cc1nc(-c2ccccn2)n(CCCC(=O)O)c1C. The number of rotatable bonds is 5. The van der Waals surface area contributed by atoms with Crippen LogP contribution in [0.1, 0.15) is 24.2 Å². The van der Waals surface area contributed by atoms with Crippen molar-refractivity contribution in [3.63, 3.8) is 0 Å². The topological polar surface area (TPSA) is 68.0 Å². The molecular formula is C14H17N3O2. The summed E-state index contributed by atoms with van der Waals surface area (Å²) in [5, 5.41) is 8.72. The van der Waals surface area contributed by atoms with Crippen molar-refractivity contribution in [2.24, 2.45) is 0 Å². The van der Waals surface area contributed by atoms with Crippen LogP contribution in [0.2, 0.25) is 0 Å². The fourth-order valence-corrected chi connectivity index (χ4v) is 2.01. The molecule has 2 aromatic rings. The summed E-state index contributed by atoms with van der Waals surface area (Å²) in [6.45, 7) is 4.59. The van der Waals surface area contributed by atoms with Crippen molar-refractivity contribution in [1.82, 2.24) is 14.5 Å². The van der Waals surface area contributed by atoms with Crippen molar-refractivity contribution in [3.05, 3.63) is 35.8 Å². The van der Waals surface area contributed by atoms with Gasteiger partial charge in [0.25, 0.3) is 0 Å². The van der Waals surface area contributed by atoms with E-state index < -0.39 is 5.97 Å². The Morgan fingerprint density at radius 3 is 2.79 bits per heavy atom. The maximum atomic E-state index is 10.6. The number of carbonyl (C=O) groups is 1. The fraction of sp³-hybridized carbons (Fsp3) is 0.357. The molecule has 0 bridgehead atoms. The predicted octanol–water partition coefficient (Wildman–Crippen LogP) is 2.43. The molecule has 2 heterocycles. The minimum atomic E-state index is -0.770. The lowest BCUT2D eigenvalue weighted by Crippen LogP contribution is -2.06. The van der Waals surface area contributed by atoms with Gasteiger partial charge in [-0.15, -0.1) is 0 Å². The number of imidazole rings is 1.